The molecule has 21 saturated heterocycles. The van der Waals surface area contributed by atoms with E-state index in [0.717, 1.165) is 0 Å². The molecule has 14 bridgehead atoms. The van der Waals surface area contributed by atoms with Crippen LogP contribution in [0.1, 0.15) is 0 Å². The highest BCUT2D eigenvalue weighted by atomic mass is 16.8. The molecular formula is C42H63N21O28. The van der Waals surface area contributed by atoms with Crippen LogP contribution in [-0.2, 0) is 66.3 Å². The Kier molecular flexibility index (Phi) is 25.1. The molecule has 21 rings (SSSR count). The average Bonchev–Trinajstić information content (AvgIpc) is 0.799. The van der Waals surface area contributed by atoms with Gasteiger partial charge in [0.1, 0.15) is 128 Å². The number of hydrogen-bond donors (Lipinski definition) is 14. The highest BCUT2D eigenvalue weighted by molar-refractivity contribution is 5.03. The fraction of sp³-hybridized carbons (Fsp3) is 1.00. The molecule has 0 spiro atoms. The first-order chi connectivity index (χ1) is 43.7. The van der Waals surface area contributed by atoms with Gasteiger partial charge in [-0.25, -0.2) is 0 Å². The Morgan fingerprint density at radius 1 is 0.187 bits per heavy atom. The topological polar surface area (TPSA) is 754 Å². The molecule has 91 heavy (non-hydrogen) atoms. The normalized spacial score (nSPS) is 47.7. The van der Waals surface area contributed by atoms with Gasteiger partial charge in [-0.3, -0.25) is 0 Å². The predicted octanol–water partition coefficient (Wildman–Crippen LogP) is -6.00. The average molecular weight is 1310 g/mol. The molecule has 0 radical (unpaired) electrons. The van der Waals surface area contributed by atoms with Gasteiger partial charge in [0.2, 0.25) is 0 Å². The number of hydrogen-bond acceptors (Lipinski definition) is 35. The molecule has 21 aliphatic rings. The van der Waals surface area contributed by atoms with Gasteiger partial charge in [0.05, 0.1) is 88.5 Å². The Balaban J connectivity index is 1.17. The lowest BCUT2D eigenvalue weighted by molar-refractivity contribution is -0.391. The number of aliphatic hydroxyl groups is 14. The number of nitrogens with zero attached hydrogens (tertiary/aromatic N) is 21. The van der Waals surface area contributed by atoms with Gasteiger partial charge in [0, 0.05) is 34.4 Å². The predicted molar refractivity (Wildman–Crippen MR) is 277 cm³/mol. The minimum atomic E-state index is -2.31. The van der Waals surface area contributed by atoms with Crippen LogP contribution in [0.2, 0.25) is 0 Å². The zero-order chi connectivity index (χ0) is 66.0. The molecule has 0 amide bonds. The Hall–Kier alpha value is -5.95. The molecule has 35 atom stereocenters. The molecule has 14 N–H and O–H groups in total. The highest BCUT2D eigenvalue weighted by Crippen LogP contribution is 2.39. The monoisotopic (exact) mass is 1310 g/mol. The molecule has 0 aliphatic carbocycles. The van der Waals surface area contributed by atoms with Crippen LogP contribution < -0.4 is 0 Å². The molecule has 21 fully saturated rings. The first-order valence-electron chi connectivity index (χ1n) is 27.4. The van der Waals surface area contributed by atoms with Crippen molar-refractivity contribution in [2.24, 2.45) is 35.8 Å². The quantitative estimate of drug-likeness (QED) is 0.0437. The summed E-state index contributed by atoms with van der Waals surface area (Å²) < 4.78 is 82.3. The van der Waals surface area contributed by atoms with Gasteiger partial charge in [0.15, 0.2) is 44.0 Å². The van der Waals surface area contributed by atoms with Crippen molar-refractivity contribution < 1.29 is 138 Å². The number of azide groups is 7. The van der Waals surface area contributed by atoms with Gasteiger partial charge in [-0.1, -0.05) is 35.8 Å². The number of rotatable bonds is 14. The molecule has 0 aromatic heterocycles. The molecule has 0 unspecified atom stereocenters. The standard InChI is InChI=1S/C42H63N21O28/c43-57-50-1-8-29-15(64)22(71)36(78-8)86-30-9(2-51-58-44)80-38(24(73)17(30)66)88-32-11(4-53-60-46)82-40(26(75)19(32)68)90-34-13(6-55-62-48)84-42(28(77)21(34)70)91-35-14(7-56-63-49)83-41(27(76)20(35)69)89-33-12(5-54-61-47)81-39(25(74)18(33)67)87-31-10(3-52-59-45)79-37(85-29)23(72)16(31)65/h8-42,64-77H,1-7H2/t8-,9-,10-,11-,12+,13+,14+,15+,16+,17+,18-,19-,20-,21-,22+,23-,24+,25-,26-,27-,28-,29-,30-,31-,32-,33-,34-,35-,36+,37+,38+,39+,40+,41+,42+/m1/s1. The summed E-state index contributed by atoms with van der Waals surface area (Å²) in [7, 11) is 0. The molecule has 21 aliphatic heterocycles. The second kappa shape index (κ2) is 32.3. The molecular weight excluding hydrogens is 1250 g/mol. The third-order valence-electron chi connectivity index (χ3n) is 15.8. The minimum absolute atomic E-state index is 0.804. The number of ether oxygens (including phenoxy) is 14. The summed E-state index contributed by atoms with van der Waals surface area (Å²) in [4.78, 5) is 18.6. The Labute approximate surface area is 506 Å². The lowest BCUT2D eigenvalue weighted by Gasteiger charge is -2.50. The summed E-state index contributed by atoms with van der Waals surface area (Å²) in [6.07, 6.45) is -73.2. The van der Waals surface area contributed by atoms with Crippen LogP contribution in [0.15, 0.2) is 35.8 Å². The third kappa shape index (κ3) is 15.7. The second-order valence-corrected chi connectivity index (χ2v) is 21.3. The van der Waals surface area contributed by atoms with E-state index >= 15 is 0 Å². The maximum Gasteiger partial charge on any atom is 0.187 e. The van der Waals surface area contributed by atoms with Crippen molar-refractivity contribution in [3.05, 3.63) is 73.1 Å². The van der Waals surface area contributed by atoms with Gasteiger partial charge in [-0.15, -0.1) is 0 Å². The van der Waals surface area contributed by atoms with E-state index in [1.807, 2.05) is 0 Å². The zero-order valence-corrected chi connectivity index (χ0v) is 46.5. The smallest absolute Gasteiger partial charge is 0.187 e. The molecule has 0 aromatic carbocycles. The summed E-state index contributed by atoms with van der Waals surface area (Å²) in [6, 6.07) is 0. The largest absolute Gasteiger partial charge is 0.387 e. The lowest BCUT2D eigenvalue weighted by atomic mass is 9.94. The maximum atomic E-state index is 11.7. The second-order valence-electron chi connectivity index (χ2n) is 21.3. The van der Waals surface area contributed by atoms with Gasteiger partial charge in [0.25, 0.3) is 0 Å². The summed E-state index contributed by atoms with van der Waals surface area (Å²) >= 11 is 0. The Morgan fingerprint density at radius 3 is 0.396 bits per heavy atom. The summed E-state index contributed by atoms with van der Waals surface area (Å²) in [5, 5.41) is 187. The zero-order valence-electron chi connectivity index (χ0n) is 46.5. The minimum Gasteiger partial charge on any atom is -0.387 e. The van der Waals surface area contributed by atoms with Crippen molar-refractivity contribution in [2.75, 3.05) is 45.8 Å². The number of aliphatic hydroxyl groups excluding tert-OH is 14. The van der Waals surface area contributed by atoms with Gasteiger partial charge in [-0.05, 0) is 38.7 Å². The van der Waals surface area contributed by atoms with Gasteiger partial charge in [-0.2, -0.15) is 0 Å². The first-order valence-corrected chi connectivity index (χ1v) is 27.4. The van der Waals surface area contributed by atoms with E-state index in [4.69, 9.17) is 66.3 Å². The molecule has 21 heterocycles. The third-order valence-corrected chi connectivity index (χ3v) is 15.8. The Bertz CT molecular complexity index is 2290. The van der Waals surface area contributed by atoms with Crippen molar-refractivity contribution in [2.45, 2.75) is 215 Å². The van der Waals surface area contributed by atoms with Crippen molar-refractivity contribution >= 4 is 0 Å². The van der Waals surface area contributed by atoms with Gasteiger partial charge < -0.3 is 138 Å². The van der Waals surface area contributed by atoms with Crippen LogP contribution in [0.5, 0.6) is 0 Å². The van der Waals surface area contributed by atoms with E-state index in [2.05, 4.69) is 70.2 Å². The Morgan fingerprint density at radius 2 is 0.297 bits per heavy atom. The van der Waals surface area contributed by atoms with E-state index in [1.165, 1.54) is 0 Å². The van der Waals surface area contributed by atoms with E-state index in [9.17, 15) is 110 Å². The summed E-state index contributed by atoms with van der Waals surface area (Å²) in [5.41, 5.74) is 65.3. The van der Waals surface area contributed by atoms with Crippen LogP contribution in [0.25, 0.3) is 73.1 Å². The molecule has 49 nitrogen and oxygen atoms in total. The van der Waals surface area contributed by atoms with Crippen LogP contribution in [-0.4, -0.2) is 332 Å². The molecule has 49 heteroatoms. The summed E-state index contributed by atoms with van der Waals surface area (Å²) in [5.74, 6) is 0. The van der Waals surface area contributed by atoms with Crippen LogP contribution >= 0.6 is 0 Å². The van der Waals surface area contributed by atoms with Crippen LogP contribution in [0.3, 0.4) is 0 Å². The molecule has 0 aromatic rings. The summed E-state index contributed by atoms with van der Waals surface area (Å²) in [6.45, 7) is -5.63. The van der Waals surface area contributed by atoms with E-state index in [1.54, 1.807) is 0 Å². The molecule has 504 valence electrons. The van der Waals surface area contributed by atoms with Crippen molar-refractivity contribution in [1.29, 1.82) is 0 Å². The van der Waals surface area contributed by atoms with Gasteiger partial charge >= 0.3 is 0 Å². The lowest BCUT2D eigenvalue weighted by Crippen LogP contribution is -2.68. The van der Waals surface area contributed by atoms with Crippen molar-refractivity contribution in [3.8, 4) is 0 Å². The fourth-order valence-electron chi connectivity index (χ4n) is 11.2. The molecule has 0 saturated carbocycles. The van der Waals surface area contributed by atoms with E-state index in [0.29, 0.717) is 0 Å². The maximum absolute atomic E-state index is 11.7. The fourth-order valence-corrected chi connectivity index (χ4v) is 11.2. The van der Waals surface area contributed by atoms with Crippen LogP contribution in [0.4, 0.5) is 0 Å². The SMILES string of the molecule is [N-]=[N+]=NC[C@@H]1O[C@H]2O[C@H]3[C@H](O)[C@@H](O)[C@H](O[C@H]4[C@@H](O)[C@@H](O)[C@H](O[C@H]5[C@@H](O)[C@H](O)[C@H](O[C@H]6[C@@H](O)[C@H](O)[C@H](O[C@H]7[C@H](O)[C@@H](O)[C@H](O[C@H]8[C@H](O)[C@@H](O)[C@H](O[C@H]1[C@H](O)[C@H]2O)O[C@H]8CN=[N+]=[N-])O[C@@H]7CN=[N+]=[N-])O[C@@H]6CN=[N+]=[N-])O[C@@H]5CN=[N+]=[N-])O[C@@H]4CN=[N+]=[N-])O[C@H]3CN=[N+]=[N-]. The van der Waals surface area contributed by atoms with Crippen molar-refractivity contribution in [1.82, 2.24) is 0 Å². The van der Waals surface area contributed by atoms with Crippen LogP contribution in [0, 0.1) is 0 Å². The first kappa shape index (κ1) is 70.9. The highest BCUT2D eigenvalue weighted by Gasteiger charge is 2.59. The van der Waals surface area contributed by atoms with E-state index < -0.39 is 261 Å². The van der Waals surface area contributed by atoms with E-state index in [-0.39, 0.29) is 0 Å². The van der Waals surface area contributed by atoms with Crippen molar-refractivity contribution in [3.63, 3.8) is 0 Å².